The highest BCUT2D eigenvalue weighted by Gasteiger charge is 2.32. The van der Waals surface area contributed by atoms with Gasteiger partial charge in [-0.15, -0.1) is 11.3 Å². The third kappa shape index (κ3) is 5.10. The highest BCUT2D eigenvalue weighted by molar-refractivity contribution is 7.10. The number of pyridine rings is 2. The summed E-state index contributed by atoms with van der Waals surface area (Å²) in [6.07, 6.45) is 3.05. The van der Waals surface area contributed by atoms with Crippen molar-refractivity contribution in [1.82, 2.24) is 19.9 Å². The normalized spacial score (nSPS) is 11.3. The first kappa shape index (κ1) is 20.6. The van der Waals surface area contributed by atoms with Crippen molar-refractivity contribution in [3.05, 3.63) is 77.3 Å². The van der Waals surface area contributed by atoms with Gasteiger partial charge in [-0.05, 0) is 46.8 Å². The van der Waals surface area contributed by atoms with Crippen molar-refractivity contribution < 1.29 is 18.0 Å². The van der Waals surface area contributed by atoms with E-state index in [0.717, 1.165) is 17.8 Å². The van der Waals surface area contributed by atoms with Crippen LogP contribution >= 0.6 is 11.3 Å². The molecule has 6 nitrogen and oxygen atoms in total. The second-order valence-corrected chi connectivity index (χ2v) is 7.47. The Balaban J connectivity index is 1.40. The summed E-state index contributed by atoms with van der Waals surface area (Å²) in [6.45, 7) is 0. The summed E-state index contributed by atoms with van der Waals surface area (Å²) in [4.78, 5) is 28.8. The van der Waals surface area contributed by atoms with Crippen LogP contribution in [0.25, 0.3) is 22.4 Å². The van der Waals surface area contributed by atoms with Gasteiger partial charge in [-0.3, -0.25) is 19.7 Å². The van der Waals surface area contributed by atoms with Gasteiger partial charge >= 0.3 is 6.18 Å². The van der Waals surface area contributed by atoms with E-state index in [2.05, 4.69) is 25.3 Å². The van der Waals surface area contributed by atoms with Gasteiger partial charge in [0.15, 0.2) is 0 Å². The van der Waals surface area contributed by atoms with Gasteiger partial charge < -0.3 is 5.32 Å². The number of alkyl halides is 3. The number of nitrogens with one attached hydrogen (secondary N) is 1. The molecule has 1 N–H and O–H groups in total. The van der Waals surface area contributed by atoms with Crippen LogP contribution < -0.4 is 5.32 Å². The predicted molar refractivity (Wildman–Crippen MR) is 110 cm³/mol. The largest absolute Gasteiger partial charge is 0.433 e. The number of hydrogen-bond acceptors (Lipinski definition) is 6. The van der Waals surface area contributed by atoms with Gasteiger partial charge in [-0.2, -0.15) is 13.2 Å². The van der Waals surface area contributed by atoms with E-state index in [9.17, 15) is 18.0 Å². The van der Waals surface area contributed by atoms with Gasteiger partial charge in [0.2, 0.25) is 5.91 Å². The maximum absolute atomic E-state index is 12.9. The van der Waals surface area contributed by atoms with Gasteiger partial charge in [0.1, 0.15) is 11.5 Å². The SMILES string of the molecule is O=C(Cc1cc(-c2ccnc(C(F)(F)F)c2)cs1)Nc1ccc(-c2cnccn2)cn1. The van der Waals surface area contributed by atoms with Crippen molar-refractivity contribution in [2.45, 2.75) is 12.6 Å². The van der Waals surface area contributed by atoms with E-state index in [4.69, 9.17) is 0 Å². The minimum Gasteiger partial charge on any atom is -0.310 e. The minimum atomic E-state index is -4.51. The lowest BCUT2D eigenvalue weighted by Crippen LogP contribution is -2.14. The van der Waals surface area contributed by atoms with Crippen LogP contribution in [0.1, 0.15) is 10.6 Å². The molecular formula is C21H14F3N5OS. The molecule has 0 fully saturated rings. The smallest absolute Gasteiger partial charge is 0.310 e. The van der Waals surface area contributed by atoms with Crippen LogP contribution in [0.15, 0.2) is 66.7 Å². The van der Waals surface area contributed by atoms with Gasteiger partial charge in [-0.1, -0.05) is 0 Å². The first-order valence-electron chi connectivity index (χ1n) is 9.02. The van der Waals surface area contributed by atoms with E-state index in [1.165, 1.54) is 17.4 Å². The molecular weight excluding hydrogens is 427 g/mol. The highest BCUT2D eigenvalue weighted by atomic mass is 32.1. The van der Waals surface area contributed by atoms with Gasteiger partial charge in [0.25, 0.3) is 0 Å². The van der Waals surface area contributed by atoms with Gasteiger partial charge in [-0.25, -0.2) is 4.98 Å². The molecule has 31 heavy (non-hydrogen) atoms. The monoisotopic (exact) mass is 441 g/mol. The molecule has 4 heterocycles. The summed E-state index contributed by atoms with van der Waals surface area (Å²) >= 11 is 1.30. The van der Waals surface area contributed by atoms with Crippen molar-refractivity contribution in [1.29, 1.82) is 0 Å². The number of anilines is 1. The van der Waals surface area contributed by atoms with Crippen LogP contribution in [0.3, 0.4) is 0 Å². The van der Waals surface area contributed by atoms with Crippen LogP contribution in [-0.2, 0) is 17.4 Å². The average Bonchev–Trinajstić information content (AvgIpc) is 3.23. The molecule has 0 saturated carbocycles. The fourth-order valence-corrected chi connectivity index (χ4v) is 3.69. The number of rotatable bonds is 5. The van der Waals surface area contributed by atoms with Crippen LogP contribution in [0.4, 0.5) is 19.0 Å². The maximum Gasteiger partial charge on any atom is 0.433 e. The zero-order valence-electron chi connectivity index (χ0n) is 15.8. The summed E-state index contributed by atoms with van der Waals surface area (Å²) in [6, 6.07) is 7.64. The Morgan fingerprint density at radius 1 is 0.935 bits per heavy atom. The summed E-state index contributed by atoms with van der Waals surface area (Å²) in [5.41, 5.74) is 1.48. The number of amides is 1. The van der Waals surface area contributed by atoms with Crippen molar-refractivity contribution in [3.8, 4) is 22.4 Å². The van der Waals surface area contributed by atoms with E-state index in [-0.39, 0.29) is 12.3 Å². The molecule has 0 aliphatic heterocycles. The fourth-order valence-electron chi connectivity index (χ4n) is 2.80. The average molecular weight is 441 g/mol. The molecule has 0 spiro atoms. The Labute approximate surface area is 178 Å². The lowest BCUT2D eigenvalue weighted by atomic mass is 10.1. The Bertz CT molecular complexity index is 1190. The molecule has 0 aliphatic carbocycles. The number of thiophene rings is 1. The van der Waals surface area contributed by atoms with Crippen molar-refractivity contribution in [3.63, 3.8) is 0 Å². The molecule has 1 amide bonds. The first-order valence-corrected chi connectivity index (χ1v) is 9.90. The molecule has 4 aromatic heterocycles. The third-order valence-corrected chi connectivity index (χ3v) is 5.20. The van der Waals surface area contributed by atoms with Crippen molar-refractivity contribution in [2.24, 2.45) is 0 Å². The summed E-state index contributed by atoms with van der Waals surface area (Å²) in [7, 11) is 0. The Morgan fingerprint density at radius 3 is 2.52 bits per heavy atom. The summed E-state index contributed by atoms with van der Waals surface area (Å²) < 4.78 is 38.6. The molecule has 0 aromatic carbocycles. The molecule has 4 rings (SSSR count). The van der Waals surface area contributed by atoms with Gasteiger partial charge in [0, 0.05) is 35.2 Å². The minimum absolute atomic E-state index is 0.0788. The molecule has 0 saturated heterocycles. The Hall–Kier alpha value is -3.66. The van der Waals surface area contributed by atoms with E-state index < -0.39 is 11.9 Å². The number of hydrogen-bond donors (Lipinski definition) is 1. The van der Waals surface area contributed by atoms with Crippen molar-refractivity contribution >= 4 is 23.1 Å². The number of carbonyl (C=O) groups excluding carboxylic acids is 1. The molecule has 0 aliphatic rings. The fraction of sp³-hybridized carbons (Fsp3) is 0.0952. The molecule has 4 aromatic rings. The predicted octanol–water partition coefficient (Wildman–Crippen LogP) is 4.86. The number of nitrogens with zero attached hydrogens (tertiary/aromatic N) is 4. The standard InChI is InChI=1S/C21H14F3N5OS/c22-21(23,24)18-8-13(3-4-27-18)15-7-16(31-12-15)9-20(30)29-19-2-1-14(10-28-19)17-11-25-5-6-26-17/h1-8,10-12H,9H2,(H,28,29,30). The van der Waals surface area contributed by atoms with E-state index >= 15 is 0 Å². The second-order valence-electron chi connectivity index (χ2n) is 6.48. The molecule has 0 bridgehead atoms. The highest BCUT2D eigenvalue weighted by Crippen LogP contribution is 2.32. The number of aromatic nitrogens is 4. The lowest BCUT2D eigenvalue weighted by Gasteiger charge is -2.06. The topological polar surface area (TPSA) is 80.7 Å². The van der Waals surface area contributed by atoms with Crippen LogP contribution in [0.5, 0.6) is 0 Å². The molecule has 0 atom stereocenters. The zero-order valence-corrected chi connectivity index (χ0v) is 16.6. The molecule has 0 radical (unpaired) electrons. The quantitative estimate of drug-likeness (QED) is 0.478. The second kappa shape index (κ2) is 8.60. The maximum atomic E-state index is 12.9. The Kier molecular flexibility index (Phi) is 5.72. The first-order chi connectivity index (χ1) is 14.9. The number of halogens is 3. The van der Waals surface area contributed by atoms with Crippen LogP contribution in [0.2, 0.25) is 0 Å². The van der Waals surface area contributed by atoms with E-state index in [1.807, 2.05) is 0 Å². The Morgan fingerprint density at radius 2 is 1.81 bits per heavy atom. The number of carbonyl (C=O) groups is 1. The van der Waals surface area contributed by atoms with E-state index in [1.54, 1.807) is 48.4 Å². The summed E-state index contributed by atoms with van der Waals surface area (Å²) in [5.74, 6) is 0.109. The molecule has 0 unspecified atom stereocenters. The lowest BCUT2D eigenvalue weighted by molar-refractivity contribution is -0.141. The zero-order chi connectivity index (χ0) is 21.8. The third-order valence-electron chi connectivity index (χ3n) is 4.26. The summed E-state index contributed by atoms with van der Waals surface area (Å²) in [5, 5.41) is 4.42. The van der Waals surface area contributed by atoms with Crippen molar-refractivity contribution in [2.75, 3.05) is 5.32 Å². The molecule has 10 heteroatoms. The van der Waals surface area contributed by atoms with Crippen LogP contribution in [-0.4, -0.2) is 25.8 Å². The van der Waals surface area contributed by atoms with Crippen LogP contribution in [0, 0.1) is 0 Å². The van der Waals surface area contributed by atoms with E-state index in [0.29, 0.717) is 27.5 Å². The molecule has 156 valence electrons. The van der Waals surface area contributed by atoms with Gasteiger partial charge in [0.05, 0.1) is 18.3 Å².